The van der Waals surface area contributed by atoms with Crippen molar-refractivity contribution in [3.8, 4) is 17.4 Å². The average molecular weight is 465 g/mol. The Balaban J connectivity index is 2.25. The van der Waals surface area contributed by atoms with E-state index in [-0.39, 0.29) is 22.7 Å². The van der Waals surface area contributed by atoms with Crippen molar-refractivity contribution in [1.82, 2.24) is 4.98 Å². The first kappa shape index (κ1) is 25.5. The number of aromatic hydroxyl groups is 1. The van der Waals surface area contributed by atoms with E-state index in [0.29, 0.717) is 23.1 Å². The van der Waals surface area contributed by atoms with Crippen molar-refractivity contribution in [2.24, 2.45) is 0 Å². The third-order valence-corrected chi connectivity index (χ3v) is 10.7. The van der Waals surface area contributed by atoms with Crippen LogP contribution in [0.25, 0.3) is 0 Å². The summed E-state index contributed by atoms with van der Waals surface area (Å²) in [5.41, 5.74) is 3.12. The Morgan fingerprint density at radius 1 is 1.13 bits per heavy atom. The van der Waals surface area contributed by atoms with Gasteiger partial charge in [-0.25, -0.2) is 4.98 Å². The van der Waals surface area contributed by atoms with Crippen LogP contribution in [0.1, 0.15) is 50.9 Å². The predicted octanol–water partition coefficient (Wildman–Crippen LogP) is 7.37. The zero-order chi connectivity index (χ0) is 23.6. The minimum absolute atomic E-state index is 0.00914. The van der Waals surface area contributed by atoms with Gasteiger partial charge in [-0.2, -0.15) is 0 Å². The number of pyridine rings is 1. The second-order valence-corrected chi connectivity index (χ2v) is 15.0. The highest BCUT2D eigenvalue weighted by Crippen LogP contribution is 2.40. The van der Waals surface area contributed by atoms with Gasteiger partial charge >= 0.3 is 0 Å². The van der Waals surface area contributed by atoms with Crippen LogP contribution in [-0.2, 0) is 4.43 Å². The summed E-state index contributed by atoms with van der Waals surface area (Å²) in [7, 11) is -1.86. The molecule has 0 aliphatic carbocycles. The lowest BCUT2D eigenvalue weighted by atomic mass is 10.1. The highest BCUT2D eigenvalue weighted by atomic mass is 35.5. The summed E-state index contributed by atoms with van der Waals surface area (Å²) in [5, 5.41) is 15.1. The van der Waals surface area contributed by atoms with Gasteiger partial charge in [0.1, 0.15) is 5.75 Å². The van der Waals surface area contributed by atoms with E-state index in [1.54, 1.807) is 0 Å². The average Bonchev–Trinajstić information content (AvgIpc) is 2.63. The van der Waals surface area contributed by atoms with Gasteiger partial charge in [0.15, 0.2) is 8.32 Å². The summed E-state index contributed by atoms with van der Waals surface area (Å²) in [6.45, 7) is 19.6. The largest absolute Gasteiger partial charge is 0.502 e. The Kier molecular flexibility index (Phi) is 8.06. The summed E-state index contributed by atoms with van der Waals surface area (Å²) in [5.74, 6) is 0.818. The second kappa shape index (κ2) is 9.80. The molecule has 1 atom stereocenters. The fourth-order valence-electron chi connectivity index (χ4n) is 2.98. The Hall–Kier alpha value is -1.76. The minimum atomic E-state index is -1.86. The standard InChI is InChI=1S/C24H37ClN2O3Si/c1-10-19(14-29-31(8,9)24(5,6)7)27-20-13-17(4)26-23(21(20)28)30-22-15(2)11-18(25)12-16(22)3/h11-13,19,28H,10,14H2,1-9H3,(H,26,27). The Bertz CT molecular complexity index is 903. The molecule has 0 bridgehead atoms. The molecule has 1 aromatic heterocycles. The minimum Gasteiger partial charge on any atom is -0.502 e. The first-order valence-electron chi connectivity index (χ1n) is 10.8. The van der Waals surface area contributed by atoms with Crippen molar-refractivity contribution < 1.29 is 14.3 Å². The van der Waals surface area contributed by atoms with E-state index in [0.717, 1.165) is 23.2 Å². The Morgan fingerprint density at radius 2 is 1.71 bits per heavy atom. The summed E-state index contributed by atoms with van der Waals surface area (Å²) in [6, 6.07) is 5.56. The third-order valence-electron chi connectivity index (χ3n) is 6.02. The van der Waals surface area contributed by atoms with E-state index in [2.05, 4.69) is 51.1 Å². The van der Waals surface area contributed by atoms with Crippen LogP contribution >= 0.6 is 11.6 Å². The molecule has 2 aromatic rings. The number of anilines is 1. The van der Waals surface area contributed by atoms with E-state index < -0.39 is 8.32 Å². The van der Waals surface area contributed by atoms with Gasteiger partial charge in [-0.1, -0.05) is 39.3 Å². The van der Waals surface area contributed by atoms with Crippen LogP contribution in [0.4, 0.5) is 5.69 Å². The lowest BCUT2D eigenvalue weighted by Gasteiger charge is -2.37. The molecule has 0 saturated carbocycles. The van der Waals surface area contributed by atoms with Crippen molar-refractivity contribution in [2.75, 3.05) is 11.9 Å². The number of hydrogen-bond acceptors (Lipinski definition) is 5. The normalized spacial score (nSPS) is 13.2. The molecule has 1 heterocycles. The highest BCUT2D eigenvalue weighted by Gasteiger charge is 2.37. The number of aromatic nitrogens is 1. The van der Waals surface area contributed by atoms with Crippen LogP contribution in [0.5, 0.6) is 17.4 Å². The molecule has 1 aromatic carbocycles. The third kappa shape index (κ3) is 6.37. The zero-order valence-corrected chi connectivity index (χ0v) is 22.1. The van der Waals surface area contributed by atoms with Crippen LogP contribution in [0.2, 0.25) is 23.2 Å². The molecule has 7 heteroatoms. The molecule has 0 spiro atoms. The number of nitrogens with zero attached hydrogens (tertiary/aromatic N) is 1. The smallest absolute Gasteiger partial charge is 0.264 e. The van der Waals surface area contributed by atoms with Gasteiger partial charge in [0.05, 0.1) is 12.3 Å². The predicted molar refractivity (Wildman–Crippen MR) is 132 cm³/mol. The molecule has 5 nitrogen and oxygen atoms in total. The van der Waals surface area contributed by atoms with Crippen molar-refractivity contribution in [2.45, 2.75) is 79.1 Å². The second-order valence-electron chi connectivity index (χ2n) is 9.76. The van der Waals surface area contributed by atoms with E-state index in [9.17, 15) is 5.11 Å². The molecule has 0 saturated heterocycles. The molecule has 31 heavy (non-hydrogen) atoms. The topological polar surface area (TPSA) is 63.6 Å². The molecular weight excluding hydrogens is 428 g/mol. The van der Waals surface area contributed by atoms with E-state index >= 15 is 0 Å². The van der Waals surface area contributed by atoms with Crippen LogP contribution in [-0.4, -0.2) is 31.1 Å². The quantitative estimate of drug-likeness (QED) is 0.399. The molecule has 0 amide bonds. The first-order valence-corrected chi connectivity index (χ1v) is 14.1. The van der Waals surface area contributed by atoms with Crippen LogP contribution in [0.15, 0.2) is 18.2 Å². The summed E-state index contributed by atoms with van der Waals surface area (Å²) in [4.78, 5) is 4.41. The van der Waals surface area contributed by atoms with Crippen molar-refractivity contribution >= 4 is 25.6 Å². The fraction of sp³-hybridized carbons (Fsp3) is 0.542. The number of hydrogen-bond donors (Lipinski definition) is 2. The van der Waals surface area contributed by atoms with Gasteiger partial charge in [0, 0.05) is 16.8 Å². The molecule has 0 fully saturated rings. The van der Waals surface area contributed by atoms with Crippen LogP contribution < -0.4 is 10.1 Å². The molecule has 0 aliphatic heterocycles. The van der Waals surface area contributed by atoms with Gasteiger partial charge in [-0.05, 0) is 74.7 Å². The molecule has 0 aliphatic rings. The molecule has 2 N–H and O–H groups in total. The van der Waals surface area contributed by atoms with Crippen LogP contribution in [0, 0.1) is 20.8 Å². The van der Waals surface area contributed by atoms with Crippen molar-refractivity contribution in [3.05, 3.63) is 40.0 Å². The SMILES string of the molecule is CCC(CO[Si](C)(C)C(C)(C)C)Nc1cc(C)nc(Oc2c(C)cc(Cl)cc2C)c1O. The van der Waals surface area contributed by atoms with Gasteiger partial charge in [0.2, 0.25) is 5.75 Å². The fourth-order valence-corrected chi connectivity index (χ4v) is 4.36. The maximum Gasteiger partial charge on any atom is 0.264 e. The summed E-state index contributed by atoms with van der Waals surface area (Å²) in [6.07, 6.45) is 0.862. The first-order chi connectivity index (χ1) is 14.2. The molecule has 0 radical (unpaired) electrons. The number of benzene rings is 1. The van der Waals surface area contributed by atoms with E-state index in [1.807, 2.05) is 39.0 Å². The number of aryl methyl sites for hydroxylation is 3. The number of halogens is 1. The van der Waals surface area contributed by atoms with Gasteiger partial charge in [-0.15, -0.1) is 0 Å². The number of nitrogens with one attached hydrogen (secondary N) is 1. The molecular formula is C24H37ClN2O3Si. The lowest BCUT2D eigenvalue weighted by Crippen LogP contribution is -2.43. The monoisotopic (exact) mass is 464 g/mol. The summed E-state index contributed by atoms with van der Waals surface area (Å²) >= 11 is 6.13. The van der Waals surface area contributed by atoms with Crippen LogP contribution in [0.3, 0.4) is 0 Å². The maximum absolute atomic E-state index is 10.9. The van der Waals surface area contributed by atoms with E-state index in [1.165, 1.54) is 0 Å². The highest BCUT2D eigenvalue weighted by molar-refractivity contribution is 6.74. The van der Waals surface area contributed by atoms with Gasteiger partial charge in [-0.3, -0.25) is 0 Å². The molecule has 172 valence electrons. The van der Waals surface area contributed by atoms with Gasteiger partial charge < -0.3 is 19.6 Å². The Labute approximate surface area is 193 Å². The summed E-state index contributed by atoms with van der Waals surface area (Å²) < 4.78 is 12.4. The lowest BCUT2D eigenvalue weighted by molar-refractivity contribution is 0.267. The number of ether oxygens (including phenoxy) is 1. The zero-order valence-electron chi connectivity index (χ0n) is 20.3. The van der Waals surface area contributed by atoms with Crippen molar-refractivity contribution in [3.63, 3.8) is 0 Å². The maximum atomic E-state index is 10.9. The molecule has 1 unspecified atom stereocenters. The molecule has 2 rings (SSSR count). The van der Waals surface area contributed by atoms with Crippen molar-refractivity contribution in [1.29, 1.82) is 0 Å². The van der Waals surface area contributed by atoms with E-state index in [4.69, 9.17) is 20.8 Å². The number of rotatable bonds is 8. The Morgan fingerprint density at radius 3 is 2.23 bits per heavy atom. The van der Waals surface area contributed by atoms with Gasteiger partial charge in [0.25, 0.3) is 5.88 Å².